The number of benzene rings is 1. The maximum Gasteiger partial charge on any atom is 0.313 e. The summed E-state index contributed by atoms with van der Waals surface area (Å²) in [5, 5.41) is 21.0. The summed E-state index contributed by atoms with van der Waals surface area (Å²) in [6.45, 7) is 1.71. The van der Waals surface area contributed by atoms with Crippen molar-refractivity contribution in [2.45, 2.75) is 12.1 Å². The quantitative estimate of drug-likeness (QED) is 0.523. The molecule has 1 aromatic carbocycles. The molecular weight excluding hydrogens is 366 g/mol. The molecule has 0 fully saturated rings. The first-order chi connectivity index (χ1) is 12.5. The van der Waals surface area contributed by atoms with E-state index in [1.807, 2.05) is 0 Å². The van der Waals surface area contributed by atoms with Crippen LogP contribution in [0.25, 0.3) is 11.4 Å². The first-order valence-electron chi connectivity index (χ1n) is 7.30. The van der Waals surface area contributed by atoms with Crippen LogP contribution in [0.3, 0.4) is 0 Å². The Morgan fingerprint density at radius 2 is 2.08 bits per heavy atom. The van der Waals surface area contributed by atoms with Crippen LogP contribution in [0.2, 0.25) is 0 Å². The fourth-order valence-electron chi connectivity index (χ4n) is 2.12. The molecule has 0 radical (unpaired) electrons. The van der Waals surface area contributed by atoms with Crippen molar-refractivity contribution in [2.75, 3.05) is 5.75 Å². The van der Waals surface area contributed by atoms with E-state index in [-0.39, 0.29) is 22.3 Å². The van der Waals surface area contributed by atoms with E-state index in [1.165, 1.54) is 17.0 Å². The Morgan fingerprint density at radius 3 is 2.69 bits per heavy atom. The number of carboxylic acid groups (broad SMARTS) is 1. The number of carbonyl (C=O) groups is 1. The van der Waals surface area contributed by atoms with Crippen LogP contribution in [-0.2, 0) is 4.79 Å². The van der Waals surface area contributed by atoms with Gasteiger partial charge in [-0.25, -0.2) is 8.78 Å². The summed E-state index contributed by atoms with van der Waals surface area (Å²) in [6, 6.07) is 5.10. The van der Waals surface area contributed by atoms with Crippen molar-refractivity contribution in [1.82, 2.24) is 14.9 Å². The molecule has 0 spiro atoms. The molecule has 134 valence electrons. The SMILES string of the molecule is Cc1occc1-c1nnc(SCC(=O)O)n1/N=C\c1c(F)cccc1F. The smallest absolute Gasteiger partial charge is 0.313 e. The molecule has 1 N–H and O–H groups in total. The van der Waals surface area contributed by atoms with Gasteiger partial charge < -0.3 is 9.52 Å². The Morgan fingerprint density at radius 1 is 1.35 bits per heavy atom. The summed E-state index contributed by atoms with van der Waals surface area (Å²) in [6.07, 6.45) is 2.45. The highest BCUT2D eigenvalue weighted by Gasteiger charge is 2.18. The van der Waals surface area contributed by atoms with E-state index < -0.39 is 17.6 Å². The number of halogens is 2. The summed E-state index contributed by atoms with van der Waals surface area (Å²) in [5.41, 5.74) is 0.246. The lowest BCUT2D eigenvalue weighted by atomic mass is 10.2. The molecule has 3 rings (SSSR count). The average molecular weight is 378 g/mol. The molecule has 3 aromatic rings. The van der Waals surface area contributed by atoms with Gasteiger partial charge in [-0.15, -0.1) is 10.2 Å². The highest BCUT2D eigenvalue weighted by Crippen LogP contribution is 2.27. The van der Waals surface area contributed by atoms with Crippen LogP contribution in [0.4, 0.5) is 8.78 Å². The van der Waals surface area contributed by atoms with Gasteiger partial charge in [-0.3, -0.25) is 4.79 Å². The first-order valence-corrected chi connectivity index (χ1v) is 8.28. The Kier molecular flexibility index (Phi) is 5.12. The molecule has 0 aliphatic heterocycles. The maximum atomic E-state index is 13.8. The van der Waals surface area contributed by atoms with Crippen LogP contribution < -0.4 is 0 Å². The van der Waals surface area contributed by atoms with Crippen molar-refractivity contribution in [3.05, 3.63) is 53.5 Å². The number of rotatable bonds is 6. The topological polar surface area (TPSA) is 93.5 Å². The van der Waals surface area contributed by atoms with Crippen molar-refractivity contribution in [3.63, 3.8) is 0 Å². The second-order valence-electron chi connectivity index (χ2n) is 5.07. The Hall–Kier alpha value is -3.01. The lowest BCUT2D eigenvalue weighted by Crippen LogP contribution is -2.02. The average Bonchev–Trinajstić information content (AvgIpc) is 3.18. The number of furan rings is 1. The zero-order valence-electron chi connectivity index (χ0n) is 13.4. The van der Waals surface area contributed by atoms with Crippen molar-refractivity contribution >= 4 is 23.9 Å². The van der Waals surface area contributed by atoms with E-state index >= 15 is 0 Å². The summed E-state index contributed by atoms with van der Waals surface area (Å²) in [5.74, 6) is -2.07. The van der Waals surface area contributed by atoms with Crippen LogP contribution >= 0.6 is 11.8 Å². The van der Waals surface area contributed by atoms with E-state index in [2.05, 4.69) is 15.3 Å². The lowest BCUT2D eigenvalue weighted by molar-refractivity contribution is -0.133. The van der Waals surface area contributed by atoms with Crippen molar-refractivity contribution in [3.8, 4) is 11.4 Å². The zero-order valence-corrected chi connectivity index (χ0v) is 14.2. The van der Waals surface area contributed by atoms with E-state index in [9.17, 15) is 13.6 Å². The minimum Gasteiger partial charge on any atom is -0.481 e. The van der Waals surface area contributed by atoms with Gasteiger partial charge in [-0.05, 0) is 25.1 Å². The molecule has 0 saturated heterocycles. The number of aryl methyl sites for hydroxylation is 1. The highest BCUT2D eigenvalue weighted by molar-refractivity contribution is 7.99. The van der Waals surface area contributed by atoms with Crippen molar-refractivity contribution < 1.29 is 23.1 Å². The number of hydrogen-bond acceptors (Lipinski definition) is 6. The molecule has 26 heavy (non-hydrogen) atoms. The Bertz CT molecular complexity index is 964. The third-order valence-corrected chi connectivity index (χ3v) is 4.24. The molecule has 0 aliphatic rings. The van der Waals surface area contributed by atoms with Crippen LogP contribution in [0, 0.1) is 18.6 Å². The van der Waals surface area contributed by atoms with Gasteiger partial charge in [0, 0.05) is 0 Å². The van der Waals surface area contributed by atoms with Crippen molar-refractivity contribution in [2.24, 2.45) is 5.10 Å². The third-order valence-electron chi connectivity index (χ3n) is 3.34. The third kappa shape index (κ3) is 3.64. The number of aromatic nitrogens is 3. The Balaban J connectivity index is 2.05. The Labute approximate surface area is 150 Å². The number of nitrogens with zero attached hydrogens (tertiary/aromatic N) is 4. The fourth-order valence-corrected chi connectivity index (χ4v) is 2.73. The molecule has 2 aromatic heterocycles. The number of thioether (sulfide) groups is 1. The van der Waals surface area contributed by atoms with Gasteiger partial charge in [0.1, 0.15) is 17.4 Å². The number of hydrogen-bond donors (Lipinski definition) is 1. The molecule has 0 unspecified atom stereocenters. The summed E-state index contributed by atoms with van der Waals surface area (Å²) >= 11 is 0.881. The molecular formula is C16H12F2N4O3S. The summed E-state index contributed by atoms with van der Waals surface area (Å²) in [7, 11) is 0. The largest absolute Gasteiger partial charge is 0.481 e. The predicted octanol–water partition coefficient (Wildman–Crippen LogP) is 3.18. The van der Waals surface area contributed by atoms with Gasteiger partial charge >= 0.3 is 5.97 Å². The molecule has 0 saturated carbocycles. The van der Waals surface area contributed by atoms with E-state index in [0.29, 0.717) is 11.3 Å². The molecule has 0 amide bonds. The monoisotopic (exact) mass is 378 g/mol. The van der Waals surface area contributed by atoms with E-state index in [0.717, 1.165) is 30.1 Å². The van der Waals surface area contributed by atoms with Gasteiger partial charge in [0.05, 0.1) is 29.4 Å². The van der Waals surface area contributed by atoms with Crippen LogP contribution in [0.15, 0.2) is 45.2 Å². The molecule has 10 heteroatoms. The maximum absolute atomic E-state index is 13.8. The van der Waals surface area contributed by atoms with Crippen LogP contribution in [0.1, 0.15) is 11.3 Å². The van der Waals surface area contributed by atoms with Crippen LogP contribution in [-0.4, -0.2) is 37.9 Å². The van der Waals surface area contributed by atoms with E-state index in [4.69, 9.17) is 9.52 Å². The molecule has 2 heterocycles. The molecule has 7 nitrogen and oxygen atoms in total. The lowest BCUT2D eigenvalue weighted by Gasteiger charge is -2.04. The molecule has 0 aliphatic carbocycles. The van der Waals surface area contributed by atoms with Crippen molar-refractivity contribution in [1.29, 1.82) is 0 Å². The van der Waals surface area contributed by atoms with Gasteiger partial charge in [0.25, 0.3) is 0 Å². The summed E-state index contributed by atoms with van der Waals surface area (Å²) < 4.78 is 34.1. The number of aliphatic carboxylic acids is 1. The minimum absolute atomic E-state index is 0.163. The van der Waals surface area contributed by atoms with Gasteiger partial charge in [0.2, 0.25) is 5.16 Å². The minimum atomic E-state index is -1.05. The first kappa shape index (κ1) is 17.8. The normalized spacial score (nSPS) is 11.3. The van der Waals surface area contributed by atoms with Gasteiger partial charge in [0.15, 0.2) is 5.82 Å². The number of carboxylic acids is 1. The van der Waals surface area contributed by atoms with Gasteiger partial charge in [-0.1, -0.05) is 17.8 Å². The standard InChI is InChI=1S/C16H12F2N4O3S/c1-9-10(5-6-25-9)15-20-21-16(26-8-14(23)24)22(15)19-7-11-12(17)3-2-4-13(11)18/h2-7H,8H2,1H3,(H,23,24)/b19-7-. The molecule has 0 atom stereocenters. The van der Waals surface area contributed by atoms with Crippen LogP contribution in [0.5, 0.6) is 0 Å². The molecule has 0 bridgehead atoms. The van der Waals surface area contributed by atoms with E-state index in [1.54, 1.807) is 13.0 Å². The zero-order chi connectivity index (χ0) is 18.7. The summed E-state index contributed by atoms with van der Waals surface area (Å²) in [4.78, 5) is 10.8. The second kappa shape index (κ2) is 7.48. The fraction of sp³-hybridized carbons (Fsp3) is 0.125. The second-order valence-corrected chi connectivity index (χ2v) is 6.01. The highest BCUT2D eigenvalue weighted by atomic mass is 32.2. The van der Waals surface area contributed by atoms with Gasteiger partial charge in [-0.2, -0.15) is 9.78 Å². The predicted molar refractivity (Wildman–Crippen MR) is 90.2 cm³/mol.